The maximum Gasteiger partial charge on any atom is 0.338 e. The van der Waals surface area contributed by atoms with Crippen molar-refractivity contribution in [3.05, 3.63) is 65.7 Å². The summed E-state index contributed by atoms with van der Waals surface area (Å²) in [6, 6.07) is 15.4. The summed E-state index contributed by atoms with van der Waals surface area (Å²) in [4.78, 5) is 35.5. The average Bonchev–Trinajstić information content (AvgIpc) is 3.07. The van der Waals surface area contributed by atoms with E-state index in [1.165, 1.54) is 0 Å². The van der Waals surface area contributed by atoms with Crippen LogP contribution in [0.25, 0.3) is 0 Å². The van der Waals surface area contributed by atoms with Crippen molar-refractivity contribution in [2.24, 2.45) is 0 Å². The number of hydrogen-bond acceptors (Lipinski definition) is 4. The van der Waals surface area contributed by atoms with Gasteiger partial charge in [-0.2, -0.15) is 0 Å². The highest BCUT2D eigenvalue weighted by Gasteiger charge is 2.27. The standard InChI is InChI=1S/C19H18N2O4/c22-17-10-9-16(21-17)18(23)20-15-8-4-7-14(11-15)19(24)25-12-13-5-2-1-3-6-13/h1-8,11,16H,9-10,12H2,(H,20,23)(H,21,22). The van der Waals surface area contributed by atoms with Crippen molar-refractivity contribution < 1.29 is 19.1 Å². The van der Waals surface area contributed by atoms with Crippen molar-refractivity contribution in [1.82, 2.24) is 5.32 Å². The second kappa shape index (κ2) is 7.61. The van der Waals surface area contributed by atoms with Gasteiger partial charge >= 0.3 is 5.97 Å². The third kappa shape index (κ3) is 4.44. The lowest BCUT2D eigenvalue weighted by molar-refractivity contribution is -0.122. The van der Waals surface area contributed by atoms with E-state index >= 15 is 0 Å². The molecule has 1 unspecified atom stereocenters. The highest BCUT2D eigenvalue weighted by molar-refractivity contribution is 6.00. The molecule has 2 N–H and O–H groups in total. The minimum atomic E-state index is -0.527. The zero-order chi connectivity index (χ0) is 17.6. The number of esters is 1. The number of nitrogens with one attached hydrogen (secondary N) is 2. The van der Waals surface area contributed by atoms with Crippen LogP contribution >= 0.6 is 0 Å². The summed E-state index contributed by atoms with van der Waals surface area (Å²) in [6.45, 7) is 0.185. The van der Waals surface area contributed by atoms with Crippen LogP contribution in [0.1, 0.15) is 28.8 Å². The lowest BCUT2D eigenvalue weighted by atomic mass is 10.1. The fourth-order valence-corrected chi connectivity index (χ4v) is 2.57. The van der Waals surface area contributed by atoms with Gasteiger partial charge in [0, 0.05) is 12.1 Å². The summed E-state index contributed by atoms with van der Waals surface area (Å²) >= 11 is 0. The maximum absolute atomic E-state index is 12.2. The van der Waals surface area contributed by atoms with Gasteiger partial charge in [0.05, 0.1) is 5.56 Å². The van der Waals surface area contributed by atoms with Crippen LogP contribution < -0.4 is 10.6 Å². The van der Waals surface area contributed by atoms with Gasteiger partial charge in [-0.3, -0.25) is 9.59 Å². The van der Waals surface area contributed by atoms with E-state index < -0.39 is 12.0 Å². The molecule has 0 aliphatic carbocycles. The van der Waals surface area contributed by atoms with Crippen LogP contribution in [0.3, 0.4) is 0 Å². The summed E-state index contributed by atoms with van der Waals surface area (Å²) in [5.41, 5.74) is 1.74. The van der Waals surface area contributed by atoms with Gasteiger partial charge in [0.15, 0.2) is 0 Å². The van der Waals surface area contributed by atoms with Gasteiger partial charge in [-0.25, -0.2) is 4.79 Å². The number of ether oxygens (including phenoxy) is 1. The third-order valence-electron chi connectivity index (χ3n) is 3.89. The van der Waals surface area contributed by atoms with E-state index in [0.717, 1.165) is 5.56 Å². The molecular weight excluding hydrogens is 320 g/mol. The van der Waals surface area contributed by atoms with Gasteiger partial charge in [0.1, 0.15) is 12.6 Å². The van der Waals surface area contributed by atoms with E-state index in [-0.39, 0.29) is 18.4 Å². The van der Waals surface area contributed by atoms with Gasteiger partial charge in [-0.1, -0.05) is 36.4 Å². The molecule has 6 heteroatoms. The fraction of sp³-hybridized carbons (Fsp3) is 0.211. The summed E-state index contributed by atoms with van der Waals surface area (Å²) < 4.78 is 5.28. The van der Waals surface area contributed by atoms with E-state index in [9.17, 15) is 14.4 Å². The Morgan fingerprint density at radius 1 is 1.12 bits per heavy atom. The zero-order valence-corrected chi connectivity index (χ0v) is 13.5. The molecule has 3 rings (SSSR count). The van der Waals surface area contributed by atoms with Gasteiger partial charge < -0.3 is 15.4 Å². The number of rotatable bonds is 5. The minimum absolute atomic E-state index is 0.126. The summed E-state index contributed by atoms with van der Waals surface area (Å²) in [5, 5.41) is 5.32. The molecule has 6 nitrogen and oxygen atoms in total. The topological polar surface area (TPSA) is 84.5 Å². The van der Waals surface area contributed by atoms with Crippen molar-refractivity contribution in [1.29, 1.82) is 0 Å². The summed E-state index contributed by atoms with van der Waals surface area (Å²) in [6.07, 6.45) is 0.827. The molecule has 1 atom stereocenters. The molecule has 0 radical (unpaired) electrons. The molecule has 1 heterocycles. The Bertz CT molecular complexity index is 789. The smallest absolute Gasteiger partial charge is 0.338 e. The van der Waals surface area contributed by atoms with Gasteiger partial charge in [-0.15, -0.1) is 0 Å². The van der Waals surface area contributed by atoms with Crippen LogP contribution in [0, 0.1) is 0 Å². The van der Waals surface area contributed by atoms with Crippen LogP contribution in [-0.2, 0) is 20.9 Å². The number of carbonyl (C=O) groups excluding carboxylic acids is 3. The maximum atomic E-state index is 12.2. The quantitative estimate of drug-likeness (QED) is 0.819. The van der Waals surface area contributed by atoms with E-state index in [4.69, 9.17) is 4.74 Å². The van der Waals surface area contributed by atoms with Gasteiger partial charge in [0.25, 0.3) is 0 Å². The molecule has 1 fully saturated rings. The van der Waals surface area contributed by atoms with E-state index in [2.05, 4.69) is 10.6 Å². The van der Waals surface area contributed by atoms with Gasteiger partial charge in [-0.05, 0) is 30.2 Å². The Balaban J connectivity index is 1.59. The SMILES string of the molecule is O=C1CCC(C(=O)Nc2cccc(C(=O)OCc3ccccc3)c2)N1. The first-order chi connectivity index (χ1) is 12.1. The van der Waals surface area contributed by atoms with Crippen LogP contribution in [0.4, 0.5) is 5.69 Å². The monoisotopic (exact) mass is 338 g/mol. The average molecular weight is 338 g/mol. The summed E-state index contributed by atoms with van der Waals surface area (Å²) in [5.74, 6) is -0.881. The van der Waals surface area contributed by atoms with Crippen molar-refractivity contribution in [2.75, 3.05) is 5.32 Å². The second-order valence-electron chi connectivity index (χ2n) is 5.79. The minimum Gasteiger partial charge on any atom is -0.457 e. The third-order valence-corrected chi connectivity index (χ3v) is 3.89. The Labute approximate surface area is 145 Å². The van der Waals surface area contributed by atoms with Crippen LogP contribution in [0.5, 0.6) is 0 Å². The molecule has 0 bridgehead atoms. The molecule has 1 aliphatic rings. The Hall–Kier alpha value is -3.15. The predicted molar refractivity (Wildman–Crippen MR) is 91.8 cm³/mol. The van der Waals surface area contributed by atoms with Crippen LogP contribution in [-0.4, -0.2) is 23.8 Å². The largest absolute Gasteiger partial charge is 0.457 e. The molecular formula is C19H18N2O4. The molecule has 0 aromatic heterocycles. The molecule has 1 saturated heterocycles. The summed E-state index contributed by atoms with van der Waals surface area (Å²) in [7, 11) is 0. The molecule has 25 heavy (non-hydrogen) atoms. The number of anilines is 1. The predicted octanol–water partition coefficient (Wildman–Crippen LogP) is 2.26. The first-order valence-corrected chi connectivity index (χ1v) is 8.03. The van der Waals surface area contributed by atoms with E-state index in [1.807, 2.05) is 30.3 Å². The molecule has 2 aromatic rings. The molecule has 2 aromatic carbocycles. The van der Waals surface area contributed by atoms with Crippen LogP contribution in [0.2, 0.25) is 0 Å². The highest BCUT2D eigenvalue weighted by atomic mass is 16.5. The molecule has 0 spiro atoms. The number of carbonyl (C=O) groups is 3. The van der Waals surface area contributed by atoms with E-state index in [0.29, 0.717) is 24.1 Å². The molecule has 2 amide bonds. The lowest BCUT2D eigenvalue weighted by Crippen LogP contribution is -2.37. The normalized spacial score (nSPS) is 16.2. The Kier molecular flexibility index (Phi) is 5.09. The lowest BCUT2D eigenvalue weighted by Gasteiger charge is -2.12. The highest BCUT2D eigenvalue weighted by Crippen LogP contribution is 2.15. The number of benzene rings is 2. The van der Waals surface area contributed by atoms with Crippen molar-refractivity contribution in [2.45, 2.75) is 25.5 Å². The number of hydrogen-bond donors (Lipinski definition) is 2. The zero-order valence-electron chi connectivity index (χ0n) is 13.5. The second-order valence-corrected chi connectivity index (χ2v) is 5.79. The molecule has 0 saturated carbocycles. The number of amides is 2. The van der Waals surface area contributed by atoms with Crippen LogP contribution in [0.15, 0.2) is 54.6 Å². The Morgan fingerprint density at radius 2 is 1.92 bits per heavy atom. The first-order valence-electron chi connectivity index (χ1n) is 8.03. The van der Waals surface area contributed by atoms with Gasteiger partial charge in [0.2, 0.25) is 11.8 Å². The molecule has 128 valence electrons. The Morgan fingerprint density at radius 3 is 2.64 bits per heavy atom. The fourth-order valence-electron chi connectivity index (χ4n) is 2.57. The van der Waals surface area contributed by atoms with Crippen molar-refractivity contribution >= 4 is 23.5 Å². The molecule has 1 aliphatic heterocycles. The van der Waals surface area contributed by atoms with Crippen molar-refractivity contribution in [3.63, 3.8) is 0 Å². The first kappa shape index (κ1) is 16.7. The van der Waals surface area contributed by atoms with E-state index in [1.54, 1.807) is 24.3 Å². The van der Waals surface area contributed by atoms with Crippen molar-refractivity contribution in [3.8, 4) is 0 Å².